The third kappa shape index (κ3) is 5.67. The van der Waals surface area contributed by atoms with Gasteiger partial charge in [0.1, 0.15) is 0 Å². The van der Waals surface area contributed by atoms with Crippen LogP contribution in [0.5, 0.6) is 0 Å². The highest BCUT2D eigenvalue weighted by Crippen LogP contribution is 2.31. The number of hydrogen-bond donors (Lipinski definition) is 2. The maximum Gasteiger partial charge on any atom is 0.225 e. The van der Waals surface area contributed by atoms with Crippen LogP contribution in [0.3, 0.4) is 0 Å². The lowest BCUT2D eigenvalue weighted by molar-refractivity contribution is -0.138. The molecule has 7 heteroatoms. The Labute approximate surface area is 167 Å². The minimum Gasteiger partial charge on any atom is -0.373 e. The number of carbonyl (C=O) groups is 2. The lowest BCUT2D eigenvalue weighted by atomic mass is 9.94. The Kier molecular flexibility index (Phi) is 8.54. The molecular formula is C20H30ClN3O3. The van der Waals surface area contributed by atoms with Crippen molar-refractivity contribution in [1.82, 2.24) is 10.2 Å². The summed E-state index contributed by atoms with van der Waals surface area (Å²) in [5, 5.41) is 2.91. The first-order chi connectivity index (χ1) is 12.7. The first-order valence-corrected chi connectivity index (χ1v) is 9.64. The molecule has 0 bridgehead atoms. The van der Waals surface area contributed by atoms with E-state index in [1.165, 1.54) is 5.56 Å². The van der Waals surface area contributed by atoms with Crippen LogP contribution in [0, 0.1) is 0 Å². The number of piperidine rings is 1. The van der Waals surface area contributed by atoms with Gasteiger partial charge in [0.2, 0.25) is 11.8 Å². The maximum atomic E-state index is 13.0. The highest BCUT2D eigenvalue weighted by atomic mass is 35.5. The van der Waals surface area contributed by atoms with Crippen LogP contribution in [0.1, 0.15) is 49.3 Å². The van der Waals surface area contributed by atoms with Gasteiger partial charge in [-0.25, -0.2) is 0 Å². The summed E-state index contributed by atoms with van der Waals surface area (Å²) in [6.07, 6.45) is 4.46. The highest BCUT2D eigenvalue weighted by molar-refractivity contribution is 5.85. The van der Waals surface area contributed by atoms with Crippen LogP contribution in [-0.4, -0.2) is 49.0 Å². The van der Waals surface area contributed by atoms with Crippen LogP contribution in [0.4, 0.5) is 0 Å². The van der Waals surface area contributed by atoms with Gasteiger partial charge in [0, 0.05) is 32.1 Å². The van der Waals surface area contributed by atoms with Gasteiger partial charge in [0.15, 0.2) is 0 Å². The zero-order valence-corrected chi connectivity index (χ0v) is 16.5. The summed E-state index contributed by atoms with van der Waals surface area (Å²) in [4.78, 5) is 26.6. The van der Waals surface area contributed by atoms with E-state index in [0.29, 0.717) is 32.5 Å². The molecule has 2 heterocycles. The molecule has 1 fully saturated rings. The number of rotatable bonds is 6. The predicted octanol–water partition coefficient (Wildman–Crippen LogP) is 1.96. The normalized spacial score (nSPS) is 21.7. The van der Waals surface area contributed by atoms with Crippen LogP contribution in [0.2, 0.25) is 0 Å². The molecule has 2 atom stereocenters. The van der Waals surface area contributed by atoms with Gasteiger partial charge < -0.3 is 20.7 Å². The maximum absolute atomic E-state index is 13.0. The van der Waals surface area contributed by atoms with Crippen molar-refractivity contribution >= 4 is 24.2 Å². The molecule has 1 aromatic rings. The van der Waals surface area contributed by atoms with E-state index in [1.54, 1.807) is 0 Å². The van der Waals surface area contributed by atoms with E-state index < -0.39 is 0 Å². The number of hydrogen-bond acceptors (Lipinski definition) is 4. The van der Waals surface area contributed by atoms with E-state index in [2.05, 4.69) is 17.4 Å². The molecule has 3 N–H and O–H groups in total. The van der Waals surface area contributed by atoms with Crippen molar-refractivity contribution in [1.29, 1.82) is 0 Å². The molecule has 0 radical (unpaired) electrons. The summed E-state index contributed by atoms with van der Waals surface area (Å²) in [6, 6.07) is 8.28. The fraction of sp³-hybridized carbons (Fsp3) is 0.600. The second-order valence-corrected chi connectivity index (χ2v) is 7.09. The molecule has 0 aliphatic carbocycles. The number of nitrogens with two attached hydrogens (primary N) is 1. The van der Waals surface area contributed by atoms with E-state index >= 15 is 0 Å². The average molecular weight is 396 g/mol. The van der Waals surface area contributed by atoms with E-state index in [4.69, 9.17) is 10.5 Å². The summed E-state index contributed by atoms with van der Waals surface area (Å²) in [5.41, 5.74) is 7.83. The molecule has 0 saturated carbocycles. The molecule has 150 valence electrons. The minimum absolute atomic E-state index is 0. The van der Waals surface area contributed by atoms with Crippen LogP contribution < -0.4 is 11.1 Å². The van der Waals surface area contributed by atoms with Gasteiger partial charge in [-0.05, 0) is 36.8 Å². The van der Waals surface area contributed by atoms with Crippen molar-refractivity contribution in [3.8, 4) is 0 Å². The van der Waals surface area contributed by atoms with Crippen LogP contribution in [0.15, 0.2) is 24.3 Å². The number of fused-ring (bicyclic) bond motifs is 1. The van der Waals surface area contributed by atoms with Gasteiger partial charge in [0.25, 0.3) is 0 Å². The average Bonchev–Trinajstić information content (AvgIpc) is 2.67. The number of nitrogens with zero attached hydrogens (tertiary/aromatic N) is 1. The molecule has 2 aliphatic rings. The van der Waals surface area contributed by atoms with E-state index in [1.807, 2.05) is 17.0 Å². The smallest absolute Gasteiger partial charge is 0.225 e. The minimum atomic E-state index is -0.165. The first kappa shape index (κ1) is 21.7. The standard InChI is InChI=1S/C20H29N3O3.ClH/c21-10-8-19(24)22-14-16-6-3-4-11-23(16)20(25)13-18-17-7-2-1-5-15(17)9-12-26-18;/h1-2,5,7,16,18H,3-4,6,8-14,21H2,(H,22,24);1H. The number of carbonyl (C=O) groups excluding carboxylic acids is 2. The number of amides is 2. The monoisotopic (exact) mass is 395 g/mol. The van der Waals surface area contributed by atoms with Crippen molar-refractivity contribution in [2.75, 3.05) is 26.2 Å². The summed E-state index contributed by atoms with van der Waals surface area (Å²) >= 11 is 0. The molecule has 27 heavy (non-hydrogen) atoms. The van der Waals surface area contributed by atoms with Crippen LogP contribution in [-0.2, 0) is 20.7 Å². The van der Waals surface area contributed by atoms with Crippen molar-refractivity contribution in [3.05, 3.63) is 35.4 Å². The Morgan fingerprint density at radius 1 is 1.26 bits per heavy atom. The Balaban J connectivity index is 0.00000261. The third-order valence-electron chi connectivity index (χ3n) is 5.31. The lowest BCUT2D eigenvalue weighted by Gasteiger charge is -2.37. The highest BCUT2D eigenvalue weighted by Gasteiger charge is 2.30. The van der Waals surface area contributed by atoms with Crippen LogP contribution in [0.25, 0.3) is 0 Å². The summed E-state index contributed by atoms with van der Waals surface area (Å²) in [6.45, 7) is 2.27. The van der Waals surface area contributed by atoms with Gasteiger partial charge in [-0.3, -0.25) is 9.59 Å². The molecular weight excluding hydrogens is 366 g/mol. The van der Waals surface area contributed by atoms with E-state index in [9.17, 15) is 9.59 Å². The zero-order valence-electron chi connectivity index (χ0n) is 15.7. The Hall–Kier alpha value is -1.63. The molecule has 1 saturated heterocycles. The largest absolute Gasteiger partial charge is 0.373 e. The quantitative estimate of drug-likeness (QED) is 0.771. The lowest BCUT2D eigenvalue weighted by Crippen LogP contribution is -2.50. The van der Waals surface area contributed by atoms with Crippen molar-refractivity contribution in [3.63, 3.8) is 0 Å². The molecule has 2 unspecified atom stereocenters. The summed E-state index contributed by atoms with van der Waals surface area (Å²) in [5.74, 6) is 0.0690. The number of likely N-dealkylation sites (tertiary alicyclic amines) is 1. The second-order valence-electron chi connectivity index (χ2n) is 7.09. The van der Waals surface area contributed by atoms with E-state index in [0.717, 1.165) is 37.8 Å². The van der Waals surface area contributed by atoms with Gasteiger partial charge in [0.05, 0.1) is 19.1 Å². The summed E-state index contributed by atoms with van der Waals surface area (Å²) < 4.78 is 5.90. The molecule has 2 aliphatic heterocycles. The van der Waals surface area contributed by atoms with Gasteiger partial charge >= 0.3 is 0 Å². The van der Waals surface area contributed by atoms with Crippen molar-refractivity contribution < 1.29 is 14.3 Å². The van der Waals surface area contributed by atoms with Gasteiger partial charge in [-0.15, -0.1) is 12.4 Å². The number of benzene rings is 1. The van der Waals surface area contributed by atoms with Gasteiger partial charge in [-0.2, -0.15) is 0 Å². The fourth-order valence-corrected chi connectivity index (χ4v) is 3.91. The van der Waals surface area contributed by atoms with Crippen molar-refractivity contribution in [2.24, 2.45) is 5.73 Å². The molecule has 0 spiro atoms. The molecule has 2 amide bonds. The van der Waals surface area contributed by atoms with Crippen LogP contribution >= 0.6 is 12.4 Å². The third-order valence-corrected chi connectivity index (χ3v) is 5.31. The Morgan fingerprint density at radius 2 is 2.07 bits per heavy atom. The number of halogens is 1. The van der Waals surface area contributed by atoms with Gasteiger partial charge in [-0.1, -0.05) is 24.3 Å². The molecule has 6 nitrogen and oxygen atoms in total. The molecule has 3 rings (SSSR count). The SMILES string of the molecule is Cl.NCCC(=O)NCC1CCCCN1C(=O)CC1OCCc2ccccc21. The fourth-order valence-electron chi connectivity index (χ4n) is 3.91. The topological polar surface area (TPSA) is 84.7 Å². The second kappa shape index (κ2) is 10.6. The number of ether oxygens (including phenoxy) is 1. The Morgan fingerprint density at radius 3 is 2.89 bits per heavy atom. The summed E-state index contributed by atoms with van der Waals surface area (Å²) in [7, 11) is 0. The zero-order chi connectivity index (χ0) is 18.4. The Bertz CT molecular complexity index is 641. The predicted molar refractivity (Wildman–Crippen MR) is 107 cm³/mol. The van der Waals surface area contributed by atoms with E-state index in [-0.39, 0.29) is 36.4 Å². The molecule has 1 aromatic carbocycles. The van der Waals surface area contributed by atoms with Crippen molar-refractivity contribution in [2.45, 2.75) is 50.7 Å². The molecule has 0 aromatic heterocycles. The number of nitrogens with one attached hydrogen (secondary N) is 1. The first-order valence-electron chi connectivity index (χ1n) is 9.64.